The number of rotatable bonds is 5. The number of anilines is 4. The summed E-state index contributed by atoms with van der Waals surface area (Å²) in [5, 5.41) is 14.5. The molecule has 0 radical (unpaired) electrons. The van der Waals surface area contributed by atoms with Gasteiger partial charge in [-0.1, -0.05) is 18.2 Å². The Balaban J connectivity index is 1.78. The molecule has 0 saturated heterocycles. The fourth-order valence-corrected chi connectivity index (χ4v) is 2.36. The minimum Gasteiger partial charge on any atom is -0.497 e. The van der Waals surface area contributed by atoms with Crippen molar-refractivity contribution in [3.05, 3.63) is 59.8 Å². The van der Waals surface area contributed by atoms with E-state index >= 15 is 0 Å². The number of ether oxygens (including phenoxy) is 1. The smallest absolute Gasteiger partial charge is 0.249 e. The van der Waals surface area contributed by atoms with Crippen LogP contribution in [-0.2, 0) is 0 Å². The zero-order chi connectivity index (χ0) is 16.9. The first-order chi connectivity index (χ1) is 11.7. The number of para-hydroxylation sites is 1. The van der Waals surface area contributed by atoms with Crippen LogP contribution in [0.1, 0.15) is 11.1 Å². The standard InChI is InChI=1S/C18H19N5O/c1-12-5-4-6-13(2)17(12)22-18-21-16(11-19-23-18)20-14-7-9-15(24-3)10-8-14/h4-11H,1-3H3,(H2,20,21,22,23). The van der Waals surface area contributed by atoms with E-state index in [1.54, 1.807) is 13.3 Å². The molecule has 0 aliphatic rings. The fourth-order valence-electron chi connectivity index (χ4n) is 2.36. The second kappa shape index (κ2) is 6.95. The second-order valence-corrected chi connectivity index (χ2v) is 5.41. The van der Waals surface area contributed by atoms with Crippen LogP contribution in [0, 0.1) is 13.8 Å². The predicted octanol–water partition coefficient (Wildman–Crippen LogP) is 3.98. The van der Waals surface area contributed by atoms with Crippen LogP contribution < -0.4 is 15.4 Å². The Morgan fingerprint density at radius 1 is 0.917 bits per heavy atom. The molecule has 122 valence electrons. The highest BCUT2D eigenvalue weighted by Gasteiger charge is 2.06. The van der Waals surface area contributed by atoms with Crippen molar-refractivity contribution in [2.24, 2.45) is 0 Å². The van der Waals surface area contributed by atoms with Gasteiger partial charge < -0.3 is 15.4 Å². The van der Waals surface area contributed by atoms with E-state index in [0.29, 0.717) is 11.8 Å². The maximum absolute atomic E-state index is 5.15. The van der Waals surface area contributed by atoms with Gasteiger partial charge in [-0.15, -0.1) is 5.10 Å². The third-order valence-corrected chi connectivity index (χ3v) is 3.64. The van der Waals surface area contributed by atoms with E-state index in [2.05, 4.69) is 25.8 Å². The second-order valence-electron chi connectivity index (χ2n) is 5.41. The average Bonchev–Trinajstić information content (AvgIpc) is 2.59. The number of nitrogens with one attached hydrogen (secondary N) is 2. The maximum atomic E-state index is 5.15. The van der Waals surface area contributed by atoms with Crippen molar-refractivity contribution in [3.63, 3.8) is 0 Å². The Morgan fingerprint density at radius 2 is 1.62 bits per heavy atom. The first-order valence-corrected chi connectivity index (χ1v) is 7.60. The molecule has 0 bridgehead atoms. The number of aromatic nitrogens is 3. The molecule has 0 saturated carbocycles. The van der Waals surface area contributed by atoms with Crippen LogP contribution in [0.3, 0.4) is 0 Å². The molecule has 3 rings (SSSR count). The highest BCUT2D eigenvalue weighted by molar-refractivity contribution is 5.64. The molecule has 0 aliphatic heterocycles. The molecule has 0 spiro atoms. The highest BCUT2D eigenvalue weighted by atomic mass is 16.5. The zero-order valence-corrected chi connectivity index (χ0v) is 13.9. The summed E-state index contributed by atoms with van der Waals surface area (Å²) in [5.74, 6) is 1.87. The van der Waals surface area contributed by atoms with Crippen molar-refractivity contribution in [1.82, 2.24) is 15.2 Å². The van der Waals surface area contributed by atoms with Gasteiger partial charge in [-0.3, -0.25) is 0 Å². The van der Waals surface area contributed by atoms with Crippen LogP contribution in [-0.4, -0.2) is 22.3 Å². The van der Waals surface area contributed by atoms with E-state index in [4.69, 9.17) is 4.74 Å². The lowest BCUT2D eigenvalue weighted by Crippen LogP contribution is -2.04. The number of hydrogen-bond acceptors (Lipinski definition) is 6. The molecule has 0 unspecified atom stereocenters. The Hall–Kier alpha value is -3.15. The first-order valence-electron chi connectivity index (χ1n) is 7.60. The number of aryl methyl sites for hydroxylation is 2. The number of benzene rings is 2. The molecule has 1 heterocycles. The van der Waals surface area contributed by atoms with Crippen LogP contribution in [0.15, 0.2) is 48.7 Å². The third kappa shape index (κ3) is 3.60. The third-order valence-electron chi connectivity index (χ3n) is 3.64. The largest absolute Gasteiger partial charge is 0.497 e. The summed E-state index contributed by atoms with van der Waals surface area (Å²) in [7, 11) is 1.64. The zero-order valence-electron chi connectivity index (χ0n) is 13.9. The molecule has 6 heteroatoms. The first kappa shape index (κ1) is 15.7. The van der Waals surface area contributed by atoms with Gasteiger partial charge in [0.25, 0.3) is 0 Å². The summed E-state index contributed by atoms with van der Waals surface area (Å²) in [4.78, 5) is 4.46. The predicted molar refractivity (Wildman–Crippen MR) is 95.3 cm³/mol. The van der Waals surface area contributed by atoms with Gasteiger partial charge in [0.2, 0.25) is 5.95 Å². The molecule has 24 heavy (non-hydrogen) atoms. The highest BCUT2D eigenvalue weighted by Crippen LogP contribution is 2.23. The molecule has 1 aromatic heterocycles. The molecular weight excluding hydrogens is 302 g/mol. The van der Waals surface area contributed by atoms with Gasteiger partial charge >= 0.3 is 0 Å². The minimum absolute atomic E-state index is 0.450. The van der Waals surface area contributed by atoms with Gasteiger partial charge in [0.1, 0.15) is 5.75 Å². The van der Waals surface area contributed by atoms with Gasteiger partial charge in [0.05, 0.1) is 13.3 Å². The van der Waals surface area contributed by atoms with Gasteiger partial charge in [0, 0.05) is 11.4 Å². The summed E-state index contributed by atoms with van der Waals surface area (Å²) in [5.41, 5.74) is 4.16. The van der Waals surface area contributed by atoms with Crippen LogP contribution in [0.4, 0.5) is 23.1 Å². The fraction of sp³-hybridized carbons (Fsp3) is 0.167. The lowest BCUT2D eigenvalue weighted by molar-refractivity contribution is 0.415. The van der Waals surface area contributed by atoms with E-state index in [1.165, 1.54) is 0 Å². The Bertz CT molecular complexity index is 813. The molecule has 0 aliphatic carbocycles. The average molecular weight is 321 g/mol. The van der Waals surface area contributed by atoms with Gasteiger partial charge in [-0.25, -0.2) is 0 Å². The van der Waals surface area contributed by atoms with E-state index in [1.807, 2.05) is 56.3 Å². The van der Waals surface area contributed by atoms with Crippen molar-refractivity contribution in [2.75, 3.05) is 17.7 Å². The number of nitrogens with zero attached hydrogens (tertiary/aromatic N) is 3. The Kier molecular flexibility index (Phi) is 4.56. The van der Waals surface area contributed by atoms with E-state index in [9.17, 15) is 0 Å². The van der Waals surface area contributed by atoms with E-state index < -0.39 is 0 Å². The molecule has 3 aromatic rings. The molecule has 6 nitrogen and oxygen atoms in total. The summed E-state index contributed by atoms with van der Waals surface area (Å²) in [6.07, 6.45) is 1.58. The number of hydrogen-bond donors (Lipinski definition) is 2. The van der Waals surface area contributed by atoms with Crippen LogP contribution in [0.5, 0.6) is 5.75 Å². The quantitative estimate of drug-likeness (QED) is 0.740. The topological polar surface area (TPSA) is 72.0 Å². The SMILES string of the molecule is COc1ccc(Nc2cnnc(Nc3c(C)cccc3C)n2)cc1. The molecule has 2 N–H and O–H groups in total. The maximum Gasteiger partial charge on any atom is 0.249 e. The Labute approximate surface area is 140 Å². The lowest BCUT2D eigenvalue weighted by atomic mass is 10.1. The normalized spacial score (nSPS) is 10.3. The van der Waals surface area contributed by atoms with Crippen molar-refractivity contribution in [1.29, 1.82) is 0 Å². The minimum atomic E-state index is 0.450. The van der Waals surface area contributed by atoms with Gasteiger partial charge in [0.15, 0.2) is 5.82 Å². The lowest BCUT2D eigenvalue weighted by Gasteiger charge is -2.12. The van der Waals surface area contributed by atoms with Gasteiger partial charge in [-0.05, 0) is 49.2 Å². The monoisotopic (exact) mass is 321 g/mol. The van der Waals surface area contributed by atoms with E-state index in [-0.39, 0.29) is 0 Å². The number of methoxy groups -OCH3 is 1. The van der Waals surface area contributed by atoms with Gasteiger partial charge in [-0.2, -0.15) is 10.1 Å². The van der Waals surface area contributed by atoms with Crippen molar-refractivity contribution in [2.45, 2.75) is 13.8 Å². The summed E-state index contributed by atoms with van der Waals surface area (Å²) in [6.45, 7) is 4.09. The van der Waals surface area contributed by atoms with E-state index in [0.717, 1.165) is 28.3 Å². The Morgan fingerprint density at radius 3 is 2.29 bits per heavy atom. The molecule has 0 fully saturated rings. The molecular formula is C18H19N5O. The molecule has 2 aromatic carbocycles. The molecule has 0 amide bonds. The molecule has 0 atom stereocenters. The van der Waals surface area contributed by atoms with Crippen molar-refractivity contribution >= 4 is 23.1 Å². The van der Waals surface area contributed by atoms with Crippen LogP contribution in [0.2, 0.25) is 0 Å². The van der Waals surface area contributed by atoms with Crippen molar-refractivity contribution < 1.29 is 4.74 Å². The summed E-state index contributed by atoms with van der Waals surface area (Å²) < 4.78 is 5.15. The van der Waals surface area contributed by atoms with Crippen LogP contribution >= 0.6 is 0 Å². The van der Waals surface area contributed by atoms with Crippen molar-refractivity contribution in [3.8, 4) is 5.75 Å². The van der Waals surface area contributed by atoms with Crippen LogP contribution in [0.25, 0.3) is 0 Å². The summed E-state index contributed by atoms with van der Waals surface area (Å²) >= 11 is 0. The summed E-state index contributed by atoms with van der Waals surface area (Å²) in [6, 6.07) is 13.7.